The molecule has 3 aliphatic rings. The summed E-state index contributed by atoms with van der Waals surface area (Å²) in [5, 5.41) is 38.0. The van der Waals surface area contributed by atoms with Gasteiger partial charge in [0, 0.05) is 24.5 Å². The van der Waals surface area contributed by atoms with Crippen LogP contribution in [0.2, 0.25) is 5.15 Å². The van der Waals surface area contributed by atoms with Crippen molar-refractivity contribution in [3.63, 3.8) is 0 Å². The molecule has 0 spiro atoms. The Kier molecular flexibility index (Phi) is 5.71. The number of rotatable bonds is 6. The number of pyridine rings is 1. The second kappa shape index (κ2) is 8.44. The summed E-state index contributed by atoms with van der Waals surface area (Å²) in [7, 11) is 0. The van der Waals surface area contributed by atoms with E-state index in [1.54, 1.807) is 18.3 Å². The number of nitro groups is 2. The van der Waals surface area contributed by atoms with Crippen LogP contribution in [0, 0.1) is 32.1 Å². The molecular formula is C15H18ClN9O6. The first kappa shape index (κ1) is 21.0. The largest absolute Gasteiger partial charge is 0.338 e. The van der Waals surface area contributed by atoms with E-state index < -0.39 is 22.0 Å². The summed E-state index contributed by atoms with van der Waals surface area (Å²) in [6.07, 6.45) is 1.99. The maximum Gasteiger partial charge on any atom is 0.272 e. The summed E-state index contributed by atoms with van der Waals surface area (Å²) < 4.78 is 11.7. The minimum absolute atomic E-state index is 0.00154. The molecule has 4 unspecified atom stereocenters. The van der Waals surface area contributed by atoms with Crippen LogP contribution in [0.3, 0.4) is 0 Å². The number of nitrogens with one attached hydrogen (secondary N) is 4. The van der Waals surface area contributed by atoms with Crippen molar-refractivity contribution in [3.8, 4) is 0 Å². The number of ether oxygens (including phenoxy) is 2. The Morgan fingerprint density at radius 2 is 1.94 bits per heavy atom. The highest BCUT2D eigenvalue weighted by Gasteiger charge is 2.59. The van der Waals surface area contributed by atoms with Gasteiger partial charge in [0.25, 0.3) is 11.9 Å². The van der Waals surface area contributed by atoms with E-state index in [-0.39, 0.29) is 37.2 Å². The van der Waals surface area contributed by atoms with Gasteiger partial charge in [0.05, 0.1) is 0 Å². The van der Waals surface area contributed by atoms with E-state index in [1.807, 2.05) is 0 Å². The summed E-state index contributed by atoms with van der Waals surface area (Å²) in [5.74, 6) is -0.298. The van der Waals surface area contributed by atoms with Crippen molar-refractivity contribution in [2.75, 3.05) is 13.5 Å². The Balaban J connectivity index is 1.56. The summed E-state index contributed by atoms with van der Waals surface area (Å²) in [6, 6.07) is 3.42. The summed E-state index contributed by atoms with van der Waals surface area (Å²) in [4.78, 5) is 25.6. The molecule has 31 heavy (non-hydrogen) atoms. The minimum Gasteiger partial charge on any atom is -0.338 e. The van der Waals surface area contributed by atoms with Crippen LogP contribution in [-0.4, -0.2) is 52.4 Å². The first-order chi connectivity index (χ1) is 14.8. The zero-order chi connectivity index (χ0) is 22.0. The van der Waals surface area contributed by atoms with Crippen LogP contribution in [0.1, 0.15) is 12.0 Å². The zero-order valence-corrected chi connectivity index (χ0v) is 16.6. The molecule has 0 amide bonds. The van der Waals surface area contributed by atoms with Crippen LogP contribution in [0.25, 0.3) is 0 Å². The van der Waals surface area contributed by atoms with E-state index >= 15 is 0 Å². The van der Waals surface area contributed by atoms with Gasteiger partial charge in [-0.25, -0.2) is 25.2 Å². The fraction of sp³-hybridized carbons (Fsp3) is 0.533. The van der Waals surface area contributed by atoms with E-state index in [2.05, 4.69) is 36.5 Å². The predicted octanol–water partition coefficient (Wildman–Crippen LogP) is -0.635. The normalized spacial score (nSPS) is 32.4. The van der Waals surface area contributed by atoms with Gasteiger partial charge in [-0.1, -0.05) is 17.7 Å². The van der Waals surface area contributed by atoms with Gasteiger partial charge in [-0.05, 0) is 18.1 Å². The third-order valence-electron chi connectivity index (χ3n) is 5.13. The SMILES string of the molecule is O=[N+]([O-])/N=C1/NCOC(C2CC2C2(Cc3ccc(Cl)nc3)N/C(=N\[N+](=O)[O-])NCO2)N1. The molecule has 1 aromatic heterocycles. The van der Waals surface area contributed by atoms with E-state index in [9.17, 15) is 20.2 Å². The topological polar surface area (TPSA) is 190 Å². The third-order valence-corrected chi connectivity index (χ3v) is 5.35. The fourth-order valence-electron chi connectivity index (χ4n) is 3.79. The maximum absolute atomic E-state index is 10.9. The maximum atomic E-state index is 10.9. The Morgan fingerprint density at radius 1 is 1.19 bits per heavy atom. The molecule has 1 aliphatic carbocycles. The molecule has 4 atom stereocenters. The van der Waals surface area contributed by atoms with Gasteiger partial charge < -0.3 is 30.7 Å². The minimum atomic E-state index is -1.05. The van der Waals surface area contributed by atoms with Crippen molar-refractivity contribution in [3.05, 3.63) is 49.3 Å². The van der Waals surface area contributed by atoms with Gasteiger partial charge in [0.1, 0.15) is 35.0 Å². The average Bonchev–Trinajstić information content (AvgIpc) is 3.51. The Bertz CT molecular complexity index is 928. The average molecular weight is 456 g/mol. The molecule has 2 aliphatic heterocycles. The van der Waals surface area contributed by atoms with Gasteiger partial charge in [0.15, 0.2) is 15.8 Å². The Labute approximate surface area is 179 Å². The van der Waals surface area contributed by atoms with Crippen LogP contribution in [0.15, 0.2) is 28.5 Å². The Morgan fingerprint density at radius 3 is 2.65 bits per heavy atom. The summed E-state index contributed by atoms with van der Waals surface area (Å²) >= 11 is 5.87. The van der Waals surface area contributed by atoms with Crippen LogP contribution >= 0.6 is 11.6 Å². The molecule has 3 heterocycles. The Hall–Kier alpha value is -3.30. The standard InChI is InChI=1S/C15H18ClN9O6/c16-11-2-1-8(5-17-11)4-15(21-14(19-7-31-15)23-25(28)29)10-3-9(10)12-20-13(18-6-30-12)22-24(26)27/h1-2,5,9-10,12H,3-4,6-7H2,(H2,18,20,22)(H2,19,21,23). The van der Waals surface area contributed by atoms with Crippen molar-refractivity contribution < 1.29 is 19.5 Å². The smallest absolute Gasteiger partial charge is 0.272 e. The van der Waals surface area contributed by atoms with E-state index in [0.29, 0.717) is 18.0 Å². The quantitative estimate of drug-likeness (QED) is 0.242. The first-order valence-electron chi connectivity index (χ1n) is 9.19. The lowest BCUT2D eigenvalue weighted by Crippen LogP contribution is -2.64. The molecule has 0 aromatic carbocycles. The highest BCUT2D eigenvalue weighted by Crippen LogP contribution is 2.51. The lowest BCUT2D eigenvalue weighted by atomic mass is 9.96. The highest BCUT2D eigenvalue weighted by atomic mass is 35.5. The molecule has 166 valence electrons. The lowest BCUT2D eigenvalue weighted by molar-refractivity contribution is -0.485. The van der Waals surface area contributed by atoms with Crippen molar-refractivity contribution in [1.29, 1.82) is 0 Å². The number of halogens is 1. The van der Waals surface area contributed by atoms with E-state index in [4.69, 9.17) is 21.1 Å². The van der Waals surface area contributed by atoms with Crippen molar-refractivity contribution in [2.45, 2.75) is 24.8 Å². The molecule has 0 radical (unpaired) electrons. The molecule has 1 saturated carbocycles. The molecule has 4 N–H and O–H groups in total. The monoisotopic (exact) mass is 455 g/mol. The van der Waals surface area contributed by atoms with Crippen LogP contribution in [-0.2, 0) is 15.9 Å². The van der Waals surface area contributed by atoms with Crippen LogP contribution in [0.4, 0.5) is 0 Å². The molecular weight excluding hydrogens is 438 g/mol. The predicted molar refractivity (Wildman–Crippen MR) is 104 cm³/mol. The molecule has 15 nitrogen and oxygen atoms in total. The fourth-order valence-corrected chi connectivity index (χ4v) is 3.90. The molecule has 1 aromatic rings. The summed E-state index contributed by atoms with van der Waals surface area (Å²) in [6.45, 7) is 0.0456. The van der Waals surface area contributed by atoms with E-state index in [1.165, 1.54) is 0 Å². The van der Waals surface area contributed by atoms with Crippen molar-refractivity contribution in [2.24, 2.45) is 22.0 Å². The number of aromatic nitrogens is 1. The van der Waals surface area contributed by atoms with Crippen molar-refractivity contribution in [1.82, 2.24) is 26.3 Å². The number of nitrogens with zero attached hydrogens (tertiary/aromatic N) is 5. The van der Waals surface area contributed by atoms with Gasteiger partial charge in [-0.3, -0.25) is 0 Å². The lowest BCUT2D eigenvalue weighted by Gasteiger charge is -2.40. The molecule has 3 fully saturated rings. The third kappa shape index (κ3) is 4.89. The van der Waals surface area contributed by atoms with Crippen LogP contribution < -0.4 is 21.3 Å². The van der Waals surface area contributed by atoms with Gasteiger partial charge in [0.2, 0.25) is 0 Å². The molecule has 2 saturated heterocycles. The number of hydrogen-bond donors (Lipinski definition) is 4. The van der Waals surface area contributed by atoms with Gasteiger partial charge in [-0.2, -0.15) is 0 Å². The van der Waals surface area contributed by atoms with E-state index in [0.717, 1.165) is 5.56 Å². The first-order valence-corrected chi connectivity index (χ1v) is 9.57. The van der Waals surface area contributed by atoms with Gasteiger partial charge in [-0.15, -0.1) is 0 Å². The van der Waals surface area contributed by atoms with Gasteiger partial charge >= 0.3 is 0 Å². The van der Waals surface area contributed by atoms with Crippen LogP contribution in [0.5, 0.6) is 0 Å². The zero-order valence-electron chi connectivity index (χ0n) is 15.9. The second-order valence-corrected chi connectivity index (χ2v) is 7.46. The molecule has 0 bridgehead atoms. The number of hydrazone groups is 2. The number of guanidine groups is 2. The second-order valence-electron chi connectivity index (χ2n) is 7.08. The van der Waals surface area contributed by atoms with Crippen molar-refractivity contribution >= 4 is 23.5 Å². The molecule has 4 rings (SSSR count). The summed E-state index contributed by atoms with van der Waals surface area (Å²) in [5.41, 5.74) is -0.254. The number of hydrogen-bond acceptors (Lipinski definition) is 7. The highest BCUT2D eigenvalue weighted by molar-refractivity contribution is 6.29. The molecule has 16 heteroatoms.